The molecular formula is C33H30Br3Cu3N6. The Bertz CT molecular complexity index is 1490. The van der Waals surface area contributed by atoms with E-state index in [1.54, 1.807) is 0 Å². The number of benzene rings is 3. The van der Waals surface area contributed by atoms with Crippen LogP contribution in [0.1, 0.15) is 34.2 Å². The summed E-state index contributed by atoms with van der Waals surface area (Å²) in [6.07, 6.45) is 0. The van der Waals surface area contributed by atoms with Gasteiger partial charge in [-0.2, -0.15) is 0 Å². The minimum Gasteiger partial charge on any atom is -0.578 e. The Balaban J connectivity index is 0.000000327. The molecule has 6 aromatic rings. The van der Waals surface area contributed by atoms with E-state index in [0.29, 0.717) is 0 Å². The molecule has 0 unspecified atom stereocenters. The van der Waals surface area contributed by atoms with Crippen molar-refractivity contribution >= 4 is 47.8 Å². The van der Waals surface area contributed by atoms with E-state index in [1.807, 2.05) is 77.9 Å². The SMILES string of the molecule is Cc1n[n-]c(C)c1-c1ccc(Br)cc1.Cc1n[n-]c(C)c1-c1ccc(Br)cc1.Cc1n[n-]c(C)c1-c1ccc(Br)cc1.[Cu+].[Cu+].[Cu+]. The van der Waals surface area contributed by atoms with Crippen LogP contribution in [0.2, 0.25) is 0 Å². The van der Waals surface area contributed by atoms with Crippen LogP contribution in [0.5, 0.6) is 0 Å². The van der Waals surface area contributed by atoms with Crippen LogP contribution in [0.4, 0.5) is 0 Å². The fraction of sp³-hybridized carbons (Fsp3) is 0.182. The molecule has 3 heterocycles. The van der Waals surface area contributed by atoms with Crippen molar-refractivity contribution in [3.8, 4) is 33.4 Å². The molecule has 0 atom stereocenters. The molecule has 0 aliphatic carbocycles. The van der Waals surface area contributed by atoms with Crippen LogP contribution >= 0.6 is 47.8 Å². The van der Waals surface area contributed by atoms with Crippen molar-refractivity contribution in [3.63, 3.8) is 0 Å². The van der Waals surface area contributed by atoms with Gasteiger partial charge in [-0.1, -0.05) is 105 Å². The Hall–Kier alpha value is -1.71. The Kier molecular flexibility index (Phi) is 17.6. The van der Waals surface area contributed by atoms with Crippen molar-refractivity contribution in [2.24, 2.45) is 0 Å². The van der Waals surface area contributed by atoms with Crippen molar-refractivity contribution in [3.05, 3.63) is 120 Å². The standard InChI is InChI=1S/3C11H10BrN2.3Cu/c3*1-7-11(8(2)14-13-7)9-3-5-10(12)6-4-9;;;/h3*3-6H,1-2H3;;;/q3*-1;3*+1. The summed E-state index contributed by atoms with van der Waals surface area (Å²) >= 11 is 10.2. The van der Waals surface area contributed by atoms with Gasteiger partial charge in [-0.05, 0) is 90.6 Å². The molecule has 0 bridgehead atoms. The first kappa shape index (κ1) is 41.3. The topological polar surface area (TPSA) is 81.0 Å². The second-order valence-corrected chi connectivity index (χ2v) is 12.5. The van der Waals surface area contributed by atoms with Gasteiger partial charge in [0.1, 0.15) is 0 Å². The molecule has 6 nitrogen and oxygen atoms in total. The summed E-state index contributed by atoms with van der Waals surface area (Å²) < 4.78 is 3.26. The molecule has 0 N–H and O–H groups in total. The molecule has 0 saturated carbocycles. The van der Waals surface area contributed by atoms with E-state index in [4.69, 9.17) is 0 Å². The van der Waals surface area contributed by atoms with Crippen molar-refractivity contribution in [2.45, 2.75) is 41.5 Å². The third-order valence-corrected chi connectivity index (χ3v) is 8.21. The molecule has 0 fully saturated rings. The summed E-state index contributed by atoms with van der Waals surface area (Å²) in [5.74, 6) is 0. The zero-order chi connectivity index (χ0) is 30.4. The van der Waals surface area contributed by atoms with Gasteiger partial charge in [0.05, 0.1) is 0 Å². The smallest absolute Gasteiger partial charge is 0.578 e. The van der Waals surface area contributed by atoms with Crippen LogP contribution < -0.4 is 15.3 Å². The number of hydrogen-bond donors (Lipinski definition) is 0. The van der Waals surface area contributed by atoms with Gasteiger partial charge in [0.15, 0.2) is 0 Å². The van der Waals surface area contributed by atoms with E-state index in [-0.39, 0.29) is 51.2 Å². The molecule has 3 aromatic heterocycles. The Morgan fingerprint density at radius 2 is 0.578 bits per heavy atom. The van der Waals surface area contributed by atoms with E-state index in [1.165, 1.54) is 16.7 Å². The van der Waals surface area contributed by atoms with Gasteiger partial charge in [-0.25, -0.2) is 0 Å². The number of halogens is 3. The first-order chi connectivity index (χ1) is 20.0. The van der Waals surface area contributed by atoms with Crippen LogP contribution in [-0.4, -0.2) is 15.3 Å². The number of hydrogen-bond acceptors (Lipinski definition) is 3. The predicted molar refractivity (Wildman–Crippen MR) is 181 cm³/mol. The molecule has 0 spiro atoms. The third kappa shape index (κ3) is 10.9. The summed E-state index contributed by atoms with van der Waals surface area (Å²) in [6, 6.07) is 24.6. The molecule has 6 rings (SSSR count). The average Bonchev–Trinajstić information content (AvgIpc) is 3.61. The average molecular weight is 941 g/mol. The van der Waals surface area contributed by atoms with Crippen molar-refractivity contribution in [2.75, 3.05) is 0 Å². The summed E-state index contributed by atoms with van der Waals surface area (Å²) in [4.78, 5) is 0. The summed E-state index contributed by atoms with van der Waals surface area (Å²) in [5.41, 5.74) is 12.9. The zero-order valence-corrected chi connectivity index (χ0v) is 32.7. The van der Waals surface area contributed by atoms with Gasteiger partial charge in [-0.15, -0.1) is 17.1 Å². The maximum Gasteiger partial charge on any atom is 1.00 e. The van der Waals surface area contributed by atoms with Gasteiger partial charge >= 0.3 is 51.2 Å². The van der Waals surface area contributed by atoms with Crippen LogP contribution in [-0.2, 0) is 51.2 Å². The van der Waals surface area contributed by atoms with E-state index in [0.717, 1.165) is 64.3 Å². The maximum absolute atomic E-state index is 4.05. The number of rotatable bonds is 3. The van der Waals surface area contributed by atoms with E-state index in [2.05, 4.69) is 115 Å². The summed E-state index contributed by atoms with van der Waals surface area (Å²) in [6.45, 7) is 11.9. The largest absolute Gasteiger partial charge is 1.00 e. The Morgan fingerprint density at radius 3 is 0.733 bits per heavy atom. The van der Waals surface area contributed by atoms with Crippen molar-refractivity contribution in [1.82, 2.24) is 30.6 Å². The van der Waals surface area contributed by atoms with Gasteiger partial charge < -0.3 is 30.6 Å². The number of aryl methyl sites for hydroxylation is 6. The Morgan fingerprint density at radius 1 is 0.378 bits per heavy atom. The van der Waals surface area contributed by atoms with Crippen LogP contribution in [0, 0.1) is 41.5 Å². The number of aromatic nitrogens is 6. The van der Waals surface area contributed by atoms with E-state index < -0.39 is 0 Å². The van der Waals surface area contributed by atoms with Gasteiger partial charge in [0.25, 0.3) is 0 Å². The number of nitrogens with zero attached hydrogens (tertiary/aromatic N) is 6. The fourth-order valence-corrected chi connectivity index (χ4v) is 5.43. The molecule has 0 amide bonds. The van der Waals surface area contributed by atoms with Crippen LogP contribution in [0.3, 0.4) is 0 Å². The van der Waals surface area contributed by atoms with Gasteiger partial charge in [0, 0.05) is 30.5 Å². The Labute approximate surface area is 321 Å². The molecule has 3 aromatic carbocycles. The maximum atomic E-state index is 4.05. The summed E-state index contributed by atoms with van der Waals surface area (Å²) in [5, 5.41) is 24.3. The molecular weight excluding hydrogens is 911 g/mol. The second kappa shape index (κ2) is 19.2. The van der Waals surface area contributed by atoms with Crippen molar-refractivity contribution in [1.29, 1.82) is 0 Å². The zero-order valence-electron chi connectivity index (χ0n) is 25.1. The molecule has 0 radical (unpaired) electrons. The summed E-state index contributed by atoms with van der Waals surface area (Å²) in [7, 11) is 0. The monoisotopic (exact) mass is 936 g/mol. The molecule has 0 aliphatic rings. The second-order valence-electron chi connectivity index (χ2n) is 9.76. The van der Waals surface area contributed by atoms with E-state index >= 15 is 0 Å². The molecule has 45 heavy (non-hydrogen) atoms. The molecule has 246 valence electrons. The normalized spacial score (nSPS) is 9.80. The molecule has 0 saturated heterocycles. The van der Waals surface area contributed by atoms with Gasteiger partial charge in [0.2, 0.25) is 0 Å². The quantitative estimate of drug-likeness (QED) is 0.165. The van der Waals surface area contributed by atoms with Gasteiger partial charge in [-0.3, -0.25) is 0 Å². The van der Waals surface area contributed by atoms with Crippen LogP contribution in [0.15, 0.2) is 86.2 Å². The van der Waals surface area contributed by atoms with Crippen molar-refractivity contribution < 1.29 is 51.2 Å². The fourth-order valence-electron chi connectivity index (χ4n) is 4.64. The minimum atomic E-state index is 0. The third-order valence-electron chi connectivity index (χ3n) is 6.62. The predicted octanol–water partition coefficient (Wildman–Crippen LogP) is 9.25. The molecule has 0 aliphatic heterocycles. The minimum absolute atomic E-state index is 0. The van der Waals surface area contributed by atoms with E-state index in [9.17, 15) is 0 Å². The first-order valence-corrected chi connectivity index (χ1v) is 15.6. The first-order valence-electron chi connectivity index (χ1n) is 13.2. The van der Waals surface area contributed by atoms with Crippen LogP contribution in [0.25, 0.3) is 33.4 Å². The molecule has 12 heteroatoms.